The number of imide groups is 2. The van der Waals surface area contributed by atoms with Crippen molar-refractivity contribution in [2.75, 3.05) is 80.7 Å². The summed E-state index contributed by atoms with van der Waals surface area (Å²) in [5, 5.41) is 10.7. The lowest BCUT2D eigenvalue weighted by atomic mass is 10.0. The summed E-state index contributed by atoms with van der Waals surface area (Å²) in [5.41, 5.74) is 0.568. The molecule has 1 aliphatic carbocycles. The smallest absolute Gasteiger partial charge is 0.342 e. The Bertz CT molecular complexity index is 2240. The molecular formula is C40H44F3N9O9. The Morgan fingerprint density at radius 2 is 1.70 bits per heavy atom. The van der Waals surface area contributed by atoms with Gasteiger partial charge in [-0.3, -0.25) is 39.0 Å². The van der Waals surface area contributed by atoms with Crippen molar-refractivity contribution in [2.24, 2.45) is 0 Å². The van der Waals surface area contributed by atoms with E-state index in [9.17, 15) is 37.5 Å². The number of amides is 6. The fourth-order valence-electron chi connectivity index (χ4n) is 7.79. The normalized spacial score (nSPS) is 18.8. The van der Waals surface area contributed by atoms with Gasteiger partial charge < -0.3 is 40.0 Å². The van der Waals surface area contributed by atoms with Crippen molar-refractivity contribution in [3.63, 3.8) is 0 Å². The second-order valence-corrected chi connectivity index (χ2v) is 14.8. The van der Waals surface area contributed by atoms with Crippen LogP contribution in [-0.4, -0.2) is 129 Å². The average Bonchev–Trinajstić information content (AvgIpc) is 3.85. The summed E-state index contributed by atoms with van der Waals surface area (Å²) in [4.78, 5) is 87.6. The summed E-state index contributed by atoms with van der Waals surface area (Å²) in [6.07, 6.45) is 4.37. The van der Waals surface area contributed by atoms with E-state index in [0.717, 1.165) is 28.7 Å². The van der Waals surface area contributed by atoms with Crippen molar-refractivity contribution in [2.45, 2.75) is 56.5 Å². The molecule has 4 heterocycles. The molecule has 1 aromatic heterocycles. The summed E-state index contributed by atoms with van der Waals surface area (Å²) >= 11 is 0. The van der Waals surface area contributed by atoms with Crippen LogP contribution >= 0.6 is 0 Å². The van der Waals surface area contributed by atoms with Gasteiger partial charge in [0.2, 0.25) is 17.8 Å². The van der Waals surface area contributed by atoms with Gasteiger partial charge in [-0.25, -0.2) is 9.37 Å². The molecule has 2 aromatic carbocycles. The SMILES string of the molecule is COc1cc(C(=O)NCCOCCOCCNc2cccc3c2C(=O)N(C2CCC(=O)NC2=O)C3=O)c(F)cc1Nc1ncc2c(n1)N(C1CCCC1)CC(F)(F)C(=O)N2C. The summed E-state index contributed by atoms with van der Waals surface area (Å²) in [5.74, 6) is -8.85. The molecule has 4 aliphatic rings. The zero-order valence-electron chi connectivity index (χ0n) is 33.4. The molecule has 0 spiro atoms. The molecule has 1 saturated carbocycles. The maximum atomic E-state index is 15.4. The first kappa shape index (κ1) is 42.8. The number of methoxy groups -OCH3 is 1. The van der Waals surface area contributed by atoms with Crippen LogP contribution in [0.2, 0.25) is 0 Å². The Hall–Kier alpha value is -6.35. The summed E-state index contributed by atoms with van der Waals surface area (Å²) in [7, 11) is 2.57. The van der Waals surface area contributed by atoms with Crippen molar-refractivity contribution in [3.8, 4) is 5.75 Å². The van der Waals surface area contributed by atoms with Gasteiger partial charge in [0.1, 0.15) is 23.3 Å². The Morgan fingerprint density at radius 3 is 2.43 bits per heavy atom. The lowest BCUT2D eigenvalue weighted by molar-refractivity contribution is -0.140. The first-order valence-electron chi connectivity index (χ1n) is 19.8. The van der Waals surface area contributed by atoms with Gasteiger partial charge in [-0.2, -0.15) is 13.8 Å². The summed E-state index contributed by atoms with van der Waals surface area (Å²) < 4.78 is 61.8. The molecule has 1 atom stereocenters. The molecule has 3 aromatic rings. The van der Waals surface area contributed by atoms with Crippen LogP contribution in [0.4, 0.5) is 42.0 Å². The van der Waals surface area contributed by atoms with E-state index in [4.69, 9.17) is 14.2 Å². The molecule has 18 nitrogen and oxygen atoms in total. The monoisotopic (exact) mass is 851 g/mol. The molecule has 61 heavy (non-hydrogen) atoms. The van der Waals surface area contributed by atoms with Crippen LogP contribution in [0.1, 0.15) is 69.6 Å². The zero-order valence-corrected chi connectivity index (χ0v) is 33.4. The van der Waals surface area contributed by atoms with Crippen LogP contribution in [0, 0.1) is 5.82 Å². The van der Waals surface area contributed by atoms with Crippen LogP contribution in [0.3, 0.4) is 0 Å². The molecule has 324 valence electrons. The number of fused-ring (bicyclic) bond motifs is 2. The highest BCUT2D eigenvalue weighted by Gasteiger charge is 2.49. The molecular weight excluding hydrogens is 807 g/mol. The largest absolute Gasteiger partial charge is 0.495 e. The van der Waals surface area contributed by atoms with Gasteiger partial charge in [0.05, 0.1) is 68.7 Å². The van der Waals surface area contributed by atoms with E-state index in [1.807, 2.05) is 0 Å². The number of hydrogen-bond acceptors (Lipinski definition) is 14. The third-order valence-corrected chi connectivity index (χ3v) is 10.8. The molecule has 4 N–H and O–H groups in total. The number of piperidine rings is 1. The van der Waals surface area contributed by atoms with Crippen molar-refractivity contribution in [1.82, 2.24) is 25.5 Å². The van der Waals surface area contributed by atoms with E-state index >= 15 is 4.39 Å². The van der Waals surface area contributed by atoms with Crippen molar-refractivity contribution in [3.05, 3.63) is 59.0 Å². The predicted octanol–water partition coefficient (Wildman–Crippen LogP) is 3.00. The highest BCUT2D eigenvalue weighted by Crippen LogP contribution is 2.40. The van der Waals surface area contributed by atoms with Gasteiger partial charge in [-0.05, 0) is 37.5 Å². The molecule has 2 fully saturated rings. The summed E-state index contributed by atoms with van der Waals surface area (Å²) in [6.45, 7) is 0.138. The standard InChI is InChI=1S/C40H44F3N9O9/c1-50-29-20-46-39(49-33(29)51(22-6-3-4-7-22)21-40(42,43)38(50)58)47-27-19-25(41)24(18-30(27)59-2)34(54)45-13-15-61-17-16-60-14-12-44-26-9-5-8-23-32(26)37(57)52(36(23)56)28-10-11-31(53)48-35(28)55/h5,8-9,18-20,22,28,44H,3-4,6-7,10-17,21H2,1-2H3,(H,45,54)(H,46,47,49)(H,48,53,55). The van der Waals surface area contributed by atoms with Crippen molar-refractivity contribution in [1.29, 1.82) is 0 Å². The highest BCUT2D eigenvalue weighted by atomic mass is 19.3. The minimum absolute atomic E-state index is 0.0199. The highest BCUT2D eigenvalue weighted by molar-refractivity contribution is 6.25. The molecule has 0 radical (unpaired) electrons. The second-order valence-electron chi connectivity index (χ2n) is 14.8. The van der Waals surface area contributed by atoms with Gasteiger partial charge in [0.25, 0.3) is 23.6 Å². The number of anilines is 5. The first-order valence-corrected chi connectivity index (χ1v) is 19.8. The number of hydrogen-bond donors (Lipinski definition) is 4. The lowest BCUT2D eigenvalue weighted by Gasteiger charge is -2.31. The van der Waals surface area contributed by atoms with Gasteiger partial charge in [-0.1, -0.05) is 18.9 Å². The Kier molecular flexibility index (Phi) is 12.7. The topological polar surface area (TPSA) is 214 Å². The Balaban J connectivity index is 0.858. The van der Waals surface area contributed by atoms with Crippen LogP contribution in [-0.2, 0) is 23.9 Å². The van der Waals surface area contributed by atoms with Crippen LogP contribution in [0.5, 0.6) is 5.75 Å². The summed E-state index contributed by atoms with van der Waals surface area (Å²) in [6, 6.07) is 5.66. The Morgan fingerprint density at radius 1 is 0.967 bits per heavy atom. The second kappa shape index (κ2) is 18.1. The number of carbonyl (C=O) groups is 6. The molecule has 0 bridgehead atoms. The van der Waals surface area contributed by atoms with Gasteiger partial charge >= 0.3 is 5.92 Å². The quantitative estimate of drug-likeness (QED) is 0.121. The van der Waals surface area contributed by atoms with Crippen molar-refractivity contribution >= 4 is 64.3 Å². The maximum Gasteiger partial charge on any atom is 0.342 e. The van der Waals surface area contributed by atoms with Gasteiger partial charge in [-0.15, -0.1) is 0 Å². The number of nitrogens with zero attached hydrogens (tertiary/aromatic N) is 5. The zero-order chi connectivity index (χ0) is 43.4. The molecule has 1 unspecified atom stereocenters. The molecule has 6 amide bonds. The van der Waals surface area contributed by atoms with Gasteiger partial charge in [0, 0.05) is 44.4 Å². The van der Waals surface area contributed by atoms with E-state index in [2.05, 4.69) is 31.2 Å². The number of ether oxygens (including phenoxy) is 3. The number of halogens is 3. The van der Waals surface area contributed by atoms with E-state index < -0.39 is 59.8 Å². The molecule has 1 saturated heterocycles. The number of rotatable bonds is 16. The number of nitrogens with one attached hydrogen (secondary N) is 4. The van der Waals surface area contributed by atoms with Gasteiger partial charge in [0.15, 0.2) is 5.82 Å². The minimum atomic E-state index is -3.65. The predicted molar refractivity (Wildman–Crippen MR) is 212 cm³/mol. The average molecular weight is 852 g/mol. The number of aromatic nitrogens is 2. The third-order valence-electron chi connectivity index (χ3n) is 10.8. The minimum Gasteiger partial charge on any atom is -0.495 e. The number of benzene rings is 2. The lowest BCUT2D eigenvalue weighted by Crippen LogP contribution is -2.54. The molecule has 21 heteroatoms. The van der Waals surface area contributed by atoms with Crippen LogP contribution in [0.15, 0.2) is 36.5 Å². The van der Waals surface area contributed by atoms with Crippen molar-refractivity contribution < 1.29 is 56.1 Å². The Labute approximate surface area is 347 Å². The maximum absolute atomic E-state index is 15.4. The fourth-order valence-corrected chi connectivity index (χ4v) is 7.79. The number of carbonyl (C=O) groups excluding carboxylic acids is 6. The first-order chi connectivity index (χ1) is 29.3. The van der Waals surface area contributed by atoms with E-state index in [0.29, 0.717) is 18.5 Å². The molecule has 7 rings (SSSR count). The van der Waals surface area contributed by atoms with Crippen LogP contribution in [0.25, 0.3) is 0 Å². The molecule has 3 aliphatic heterocycles. The fraction of sp³-hybridized carbons (Fsp3) is 0.450. The number of alkyl halides is 2. The van der Waals surface area contributed by atoms with E-state index in [1.165, 1.54) is 37.4 Å². The van der Waals surface area contributed by atoms with E-state index in [1.54, 1.807) is 12.1 Å². The van der Waals surface area contributed by atoms with Crippen LogP contribution < -0.4 is 35.8 Å². The van der Waals surface area contributed by atoms with E-state index in [-0.39, 0.29) is 104 Å². The third kappa shape index (κ3) is 8.92.